The van der Waals surface area contributed by atoms with Crippen molar-refractivity contribution < 1.29 is 9.90 Å². The van der Waals surface area contributed by atoms with E-state index in [1.54, 1.807) is 12.1 Å². The molecule has 0 bridgehead atoms. The fourth-order valence-corrected chi connectivity index (χ4v) is 1.46. The molecule has 1 aromatic rings. The van der Waals surface area contributed by atoms with Crippen molar-refractivity contribution in [3.05, 3.63) is 28.8 Å². The van der Waals surface area contributed by atoms with Crippen molar-refractivity contribution in [3.63, 3.8) is 0 Å². The molecule has 18 heavy (non-hydrogen) atoms. The van der Waals surface area contributed by atoms with Gasteiger partial charge < -0.3 is 15.7 Å². The first-order valence-corrected chi connectivity index (χ1v) is 6.27. The smallest absolute Gasteiger partial charge is 0.319 e. The van der Waals surface area contributed by atoms with Gasteiger partial charge in [-0.3, -0.25) is 0 Å². The van der Waals surface area contributed by atoms with Crippen molar-refractivity contribution in [1.82, 2.24) is 5.32 Å². The van der Waals surface area contributed by atoms with Crippen molar-refractivity contribution >= 4 is 23.3 Å². The third kappa shape index (κ3) is 4.55. The normalized spacial score (nSPS) is 12.3. The first-order chi connectivity index (χ1) is 8.40. The van der Waals surface area contributed by atoms with E-state index in [4.69, 9.17) is 11.6 Å². The predicted molar refractivity (Wildman–Crippen MR) is 74.1 cm³/mol. The van der Waals surface area contributed by atoms with Gasteiger partial charge in [0.05, 0.1) is 6.10 Å². The van der Waals surface area contributed by atoms with E-state index in [1.165, 1.54) is 0 Å². The Bertz CT molecular complexity index is 421. The molecule has 5 heteroatoms. The van der Waals surface area contributed by atoms with Crippen LogP contribution in [0, 0.1) is 12.8 Å². The summed E-state index contributed by atoms with van der Waals surface area (Å²) in [6, 6.07) is 4.95. The van der Waals surface area contributed by atoms with Crippen LogP contribution in [0.5, 0.6) is 0 Å². The Balaban J connectivity index is 2.47. The van der Waals surface area contributed by atoms with Crippen LogP contribution in [0.1, 0.15) is 19.4 Å². The molecule has 0 saturated carbocycles. The molecule has 0 saturated heterocycles. The molecule has 0 heterocycles. The fraction of sp³-hybridized carbons (Fsp3) is 0.462. The Morgan fingerprint density at radius 1 is 1.44 bits per heavy atom. The number of aliphatic hydroxyl groups is 1. The Kier molecular flexibility index (Phi) is 5.44. The third-order valence-corrected chi connectivity index (χ3v) is 3.08. The summed E-state index contributed by atoms with van der Waals surface area (Å²) in [5.41, 5.74) is 1.58. The maximum Gasteiger partial charge on any atom is 0.319 e. The van der Waals surface area contributed by atoms with Crippen LogP contribution in [0.25, 0.3) is 0 Å². The zero-order chi connectivity index (χ0) is 13.7. The highest BCUT2D eigenvalue weighted by Crippen LogP contribution is 2.19. The number of hydrogen-bond donors (Lipinski definition) is 3. The molecule has 1 rings (SSSR count). The van der Waals surface area contributed by atoms with Crippen LogP contribution in [0.2, 0.25) is 5.02 Å². The molecule has 1 unspecified atom stereocenters. The van der Waals surface area contributed by atoms with Gasteiger partial charge in [0, 0.05) is 17.3 Å². The van der Waals surface area contributed by atoms with E-state index in [0.29, 0.717) is 10.7 Å². The van der Waals surface area contributed by atoms with Gasteiger partial charge in [-0.25, -0.2) is 4.79 Å². The second kappa shape index (κ2) is 6.61. The monoisotopic (exact) mass is 270 g/mol. The number of hydrogen-bond acceptors (Lipinski definition) is 2. The van der Waals surface area contributed by atoms with Gasteiger partial charge in [0.1, 0.15) is 0 Å². The van der Waals surface area contributed by atoms with E-state index in [9.17, 15) is 9.90 Å². The largest absolute Gasteiger partial charge is 0.391 e. The Morgan fingerprint density at radius 2 is 2.11 bits per heavy atom. The van der Waals surface area contributed by atoms with Gasteiger partial charge in [0.2, 0.25) is 0 Å². The third-order valence-electron chi connectivity index (χ3n) is 2.67. The lowest BCUT2D eigenvalue weighted by Crippen LogP contribution is -2.37. The molecule has 2 amide bonds. The minimum Gasteiger partial charge on any atom is -0.391 e. The number of carbonyl (C=O) groups is 1. The highest BCUT2D eigenvalue weighted by atomic mass is 35.5. The summed E-state index contributed by atoms with van der Waals surface area (Å²) < 4.78 is 0. The van der Waals surface area contributed by atoms with Gasteiger partial charge in [-0.15, -0.1) is 0 Å². The fourth-order valence-electron chi connectivity index (χ4n) is 1.28. The molecular formula is C13H19ClN2O2. The van der Waals surface area contributed by atoms with E-state index < -0.39 is 6.10 Å². The van der Waals surface area contributed by atoms with Crippen molar-refractivity contribution in [2.24, 2.45) is 5.92 Å². The number of rotatable bonds is 4. The molecule has 1 atom stereocenters. The maximum atomic E-state index is 11.6. The number of carbonyl (C=O) groups excluding carboxylic acids is 1. The van der Waals surface area contributed by atoms with Crippen LogP contribution in [-0.4, -0.2) is 23.8 Å². The van der Waals surface area contributed by atoms with E-state index in [2.05, 4.69) is 10.6 Å². The van der Waals surface area contributed by atoms with Crippen molar-refractivity contribution in [2.45, 2.75) is 26.9 Å². The number of aliphatic hydroxyl groups excluding tert-OH is 1. The number of amides is 2. The van der Waals surface area contributed by atoms with E-state index in [1.807, 2.05) is 26.8 Å². The predicted octanol–water partition coefficient (Wildman–Crippen LogP) is 2.79. The van der Waals surface area contributed by atoms with Gasteiger partial charge in [-0.05, 0) is 30.5 Å². The van der Waals surface area contributed by atoms with Crippen molar-refractivity contribution in [1.29, 1.82) is 0 Å². The summed E-state index contributed by atoms with van der Waals surface area (Å²) in [6.07, 6.45) is -0.544. The van der Waals surface area contributed by atoms with Gasteiger partial charge >= 0.3 is 6.03 Å². The summed E-state index contributed by atoms with van der Waals surface area (Å²) >= 11 is 5.95. The molecule has 0 aromatic heterocycles. The molecule has 4 nitrogen and oxygen atoms in total. The topological polar surface area (TPSA) is 61.4 Å². The highest BCUT2D eigenvalue weighted by Gasteiger charge is 2.10. The molecule has 0 fully saturated rings. The van der Waals surface area contributed by atoms with Crippen LogP contribution in [0.15, 0.2) is 18.2 Å². The minimum atomic E-state index is -0.544. The molecule has 0 aliphatic carbocycles. The minimum absolute atomic E-state index is 0.110. The van der Waals surface area contributed by atoms with Gasteiger partial charge in [0.15, 0.2) is 0 Å². The van der Waals surface area contributed by atoms with Crippen molar-refractivity contribution in [2.75, 3.05) is 11.9 Å². The lowest BCUT2D eigenvalue weighted by molar-refractivity contribution is 0.126. The van der Waals surface area contributed by atoms with Crippen molar-refractivity contribution in [3.8, 4) is 0 Å². The first-order valence-electron chi connectivity index (χ1n) is 5.89. The summed E-state index contributed by atoms with van der Waals surface area (Å²) in [5, 5.41) is 15.4. The standard InChI is InChI=1S/C13H19ClN2O2/c1-8(2)12(17)7-15-13(18)16-10-5-4-9(3)11(14)6-10/h4-6,8,12,17H,7H2,1-3H3,(H2,15,16,18). The number of urea groups is 1. The zero-order valence-corrected chi connectivity index (χ0v) is 11.6. The van der Waals surface area contributed by atoms with Gasteiger partial charge in [-0.1, -0.05) is 31.5 Å². The lowest BCUT2D eigenvalue weighted by Gasteiger charge is -2.15. The number of anilines is 1. The average Bonchev–Trinajstić information content (AvgIpc) is 2.30. The summed E-state index contributed by atoms with van der Waals surface area (Å²) in [7, 11) is 0. The quantitative estimate of drug-likeness (QED) is 0.788. The summed E-state index contributed by atoms with van der Waals surface area (Å²) in [6.45, 7) is 5.91. The van der Waals surface area contributed by atoms with Crippen LogP contribution in [0.4, 0.5) is 10.5 Å². The molecular weight excluding hydrogens is 252 g/mol. The average molecular weight is 271 g/mol. The second-order valence-corrected chi connectivity index (χ2v) is 5.02. The van der Waals surface area contributed by atoms with Crippen LogP contribution in [-0.2, 0) is 0 Å². The number of aryl methyl sites for hydroxylation is 1. The van der Waals surface area contributed by atoms with E-state index in [-0.39, 0.29) is 18.5 Å². The molecule has 0 radical (unpaired) electrons. The lowest BCUT2D eigenvalue weighted by atomic mass is 10.1. The zero-order valence-electron chi connectivity index (χ0n) is 10.8. The molecule has 100 valence electrons. The summed E-state index contributed by atoms with van der Waals surface area (Å²) in [5.74, 6) is 0.110. The Morgan fingerprint density at radius 3 is 2.67 bits per heavy atom. The van der Waals surface area contributed by atoms with Gasteiger partial charge in [-0.2, -0.15) is 0 Å². The van der Waals surface area contributed by atoms with E-state index >= 15 is 0 Å². The first kappa shape index (κ1) is 14.8. The summed E-state index contributed by atoms with van der Waals surface area (Å²) in [4.78, 5) is 11.6. The Hall–Kier alpha value is -1.26. The maximum absolute atomic E-state index is 11.6. The molecule has 0 aliphatic rings. The Labute approximate surface area is 112 Å². The molecule has 1 aromatic carbocycles. The highest BCUT2D eigenvalue weighted by molar-refractivity contribution is 6.31. The van der Waals surface area contributed by atoms with Crippen LogP contribution in [0.3, 0.4) is 0 Å². The number of nitrogens with one attached hydrogen (secondary N) is 2. The number of halogens is 1. The molecule has 0 aliphatic heterocycles. The molecule has 0 spiro atoms. The van der Waals surface area contributed by atoms with Crippen LogP contribution < -0.4 is 10.6 Å². The number of benzene rings is 1. The van der Waals surface area contributed by atoms with E-state index in [0.717, 1.165) is 5.56 Å². The molecule has 3 N–H and O–H groups in total. The van der Waals surface area contributed by atoms with Crippen LogP contribution >= 0.6 is 11.6 Å². The second-order valence-electron chi connectivity index (χ2n) is 4.61. The SMILES string of the molecule is Cc1ccc(NC(=O)NCC(O)C(C)C)cc1Cl. The van der Waals surface area contributed by atoms with Gasteiger partial charge in [0.25, 0.3) is 0 Å².